The molecule has 4 rings (SSSR count). The highest BCUT2D eigenvalue weighted by Gasteiger charge is 2.38. The van der Waals surface area contributed by atoms with E-state index >= 15 is 0 Å². The van der Waals surface area contributed by atoms with Gasteiger partial charge in [-0.05, 0) is 47.7 Å². The Bertz CT molecular complexity index is 1260. The van der Waals surface area contributed by atoms with Crippen LogP contribution < -0.4 is 5.32 Å². The van der Waals surface area contributed by atoms with E-state index in [-0.39, 0.29) is 0 Å². The number of benzene rings is 3. The van der Waals surface area contributed by atoms with E-state index in [9.17, 15) is 13.2 Å². The van der Waals surface area contributed by atoms with Crippen LogP contribution in [-0.4, -0.2) is 33.8 Å². The van der Waals surface area contributed by atoms with Crippen molar-refractivity contribution >= 4 is 17.0 Å². The van der Waals surface area contributed by atoms with Gasteiger partial charge in [0, 0.05) is 12.1 Å². The molecule has 5 nitrogen and oxygen atoms in total. The predicted molar refractivity (Wildman–Crippen MR) is 132 cm³/mol. The summed E-state index contributed by atoms with van der Waals surface area (Å²) in [6.07, 6.45) is -5.08. The number of hydrogen-bond donors (Lipinski definition) is 3. The number of rotatable bonds is 6. The van der Waals surface area contributed by atoms with E-state index in [0.29, 0.717) is 5.92 Å². The topological polar surface area (TPSA) is 78.0 Å². The van der Waals surface area contributed by atoms with E-state index < -0.39 is 12.1 Å². The summed E-state index contributed by atoms with van der Waals surface area (Å²) in [5.74, 6) is -1.16. The third kappa shape index (κ3) is 7.16. The van der Waals surface area contributed by atoms with Crippen molar-refractivity contribution in [1.29, 1.82) is 0 Å². The summed E-state index contributed by atoms with van der Waals surface area (Å²) in [7, 11) is 0. The van der Waals surface area contributed by atoms with Crippen molar-refractivity contribution < 1.29 is 23.1 Å². The number of aryl methyl sites for hydroxylation is 1. The Kier molecular flexibility index (Phi) is 8.30. The van der Waals surface area contributed by atoms with Crippen molar-refractivity contribution in [1.82, 2.24) is 15.3 Å². The summed E-state index contributed by atoms with van der Waals surface area (Å²) in [5, 5.41) is 10.6. The fourth-order valence-electron chi connectivity index (χ4n) is 3.45. The molecule has 0 aliphatic rings. The quantitative estimate of drug-likeness (QED) is 0.289. The van der Waals surface area contributed by atoms with Crippen LogP contribution in [0.3, 0.4) is 0 Å². The van der Waals surface area contributed by atoms with E-state index in [0.717, 1.165) is 35.5 Å². The SMILES string of the molecule is Cc1cccc2[nH]c(-c3ccc(-c4ccc(CNCC(C)C)cc4)cc3)nc12.O=C(O)C(F)(F)F. The van der Waals surface area contributed by atoms with Gasteiger partial charge in [-0.2, -0.15) is 13.2 Å². The van der Waals surface area contributed by atoms with Crippen LogP contribution in [0.25, 0.3) is 33.5 Å². The van der Waals surface area contributed by atoms with E-state index in [1.54, 1.807) is 0 Å². The summed E-state index contributed by atoms with van der Waals surface area (Å²) in [5.41, 5.74) is 8.20. The fourth-order valence-corrected chi connectivity index (χ4v) is 3.45. The molecule has 4 aromatic rings. The Morgan fingerprint density at radius 2 is 1.51 bits per heavy atom. The van der Waals surface area contributed by atoms with Gasteiger partial charge in [0.15, 0.2) is 0 Å². The van der Waals surface area contributed by atoms with Crippen molar-refractivity contribution in [3.05, 3.63) is 77.9 Å². The molecule has 3 aromatic carbocycles. The van der Waals surface area contributed by atoms with Crippen molar-refractivity contribution in [2.75, 3.05) is 6.54 Å². The van der Waals surface area contributed by atoms with Gasteiger partial charge >= 0.3 is 12.1 Å². The fraction of sp³-hybridized carbons (Fsp3) is 0.259. The molecule has 0 aliphatic heterocycles. The number of aromatic nitrogens is 2. The maximum absolute atomic E-state index is 10.6. The molecule has 3 N–H and O–H groups in total. The lowest BCUT2D eigenvalue weighted by molar-refractivity contribution is -0.192. The minimum atomic E-state index is -5.08. The molecule has 0 fully saturated rings. The number of aromatic amines is 1. The Labute approximate surface area is 202 Å². The first-order valence-electron chi connectivity index (χ1n) is 11.2. The number of fused-ring (bicyclic) bond motifs is 1. The normalized spacial score (nSPS) is 11.4. The molecule has 0 radical (unpaired) electrons. The highest BCUT2D eigenvalue weighted by Crippen LogP contribution is 2.26. The number of hydrogen-bond acceptors (Lipinski definition) is 3. The van der Waals surface area contributed by atoms with Crippen LogP contribution in [0.1, 0.15) is 25.0 Å². The second-order valence-corrected chi connectivity index (χ2v) is 8.66. The molecular formula is C27H28F3N3O2. The Hall–Kier alpha value is -3.65. The number of nitrogens with one attached hydrogen (secondary N) is 2. The van der Waals surface area contributed by atoms with Crippen LogP contribution >= 0.6 is 0 Å². The van der Waals surface area contributed by atoms with E-state index in [1.165, 1.54) is 22.3 Å². The first kappa shape index (κ1) is 26.0. The van der Waals surface area contributed by atoms with E-state index in [1.807, 2.05) is 0 Å². The summed E-state index contributed by atoms with van der Waals surface area (Å²) >= 11 is 0. The molecule has 0 aliphatic carbocycles. The van der Waals surface area contributed by atoms with Crippen LogP contribution in [0.5, 0.6) is 0 Å². The number of carbonyl (C=O) groups is 1. The van der Waals surface area contributed by atoms with Crippen LogP contribution in [-0.2, 0) is 11.3 Å². The van der Waals surface area contributed by atoms with Crippen LogP contribution in [0.4, 0.5) is 13.2 Å². The molecule has 0 amide bonds. The van der Waals surface area contributed by atoms with Crippen molar-refractivity contribution in [3.63, 3.8) is 0 Å². The number of carboxylic acid groups (broad SMARTS) is 1. The Morgan fingerprint density at radius 3 is 2.03 bits per heavy atom. The summed E-state index contributed by atoms with van der Waals surface area (Å²) in [6, 6.07) is 23.7. The minimum Gasteiger partial charge on any atom is -0.475 e. The van der Waals surface area contributed by atoms with Crippen LogP contribution in [0, 0.1) is 12.8 Å². The molecule has 0 bridgehead atoms. The van der Waals surface area contributed by atoms with Crippen molar-refractivity contribution in [3.8, 4) is 22.5 Å². The number of H-pyrrole nitrogens is 1. The van der Waals surface area contributed by atoms with Crippen LogP contribution in [0.2, 0.25) is 0 Å². The van der Waals surface area contributed by atoms with E-state index in [4.69, 9.17) is 14.9 Å². The Morgan fingerprint density at radius 1 is 0.971 bits per heavy atom. The molecular weight excluding hydrogens is 455 g/mol. The minimum absolute atomic E-state index is 0.674. The predicted octanol–water partition coefficient (Wildman–Crippen LogP) is 6.58. The molecule has 0 saturated carbocycles. The lowest BCUT2D eigenvalue weighted by Crippen LogP contribution is -2.21. The van der Waals surface area contributed by atoms with Crippen molar-refractivity contribution in [2.24, 2.45) is 5.92 Å². The molecule has 0 atom stereocenters. The maximum Gasteiger partial charge on any atom is 0.490 e. The van der Waals surface area contributed by atoms with Gasteiger partial charge < -0.3 is 15.4 Å². The monoisotopic (exact) mass is 483 g/mol. The summed E-state index contributed by atoms with van der Waals surface area (Å²) < 4.78 is 31.7. The van der Waals surface area contributed by atoms with Gasteiger partial charge in [0.1, 0.15) is 5.82 Å². The van der Waals surface area contributed by atoms with Crippen molar-refractivity contribution in [2.45, 2.75) is 33.5 Å². The Balaban J connectivity index is 0.000000429. The standard InChI is InChI=1S/C25H27N3.C2HF3O2/c1-17(2)15-26-16-19-7-9-20(10-8-19)21-11-13-22(14-12-21)25-27-23-6-4-5-18(3)24(23)28-25;3-2(4,5)1(6)7/h4-14,17,26H,15-16H2,1-3H3,(H,27,28);(H,6,7). The average molecular weight is 484 g/mol. The number of para-hydroxylation sites is 1. The second kappa shape index (κ2) is 11.2. The number of aliphatic carboxylic acids is 1. The molecule has 0 unspecified atom stereocenters. The number of alkyl halides is 3. The third-order valence-corrected chi connectivity index (χ3v) is 5.28. The van der Waals surface area contributed by atoms with Gasteiger partial charge in [0.05, 0.1) is 11.0 Å². The van der Waals surface area contributed by atoms with Crippen LogP contribution in [0.15, 0.2) is 66.7 Å². The lowest BCUT2D eigenvalue weighted by Gasteiger charge is -2.08. The smallest absolute Gasteiger partial charge is 0.475 e. The molecule has 1 aromatic heterocycles. The van der Waals surface area contributed by atoms with Gasteiger partial charge in [-0.15, -0.1) is 0 Å². The largest absolute Gasteiger partial charge is 0.490 e. The molecule has 1 heterocycles. The maximum atomic E-state index is 10.6. The number of halogens is 3. The summed E-state index contributed by atoms with van der Waals surface area (Å²) in [4.78, 5) is 17.1. The first-order chi connectivity index (χ1) is 16.5. The molecule has 184 valence electrons. The lowest BCUT2D eigenvalue weighted by atomic mass is 10.0. The zero-order chi connectivity index (χ0) is 25.6. The zero-order valence-electron chi connectivity index (χ0n) is 19.8. The average Bonchev–Trinajstić information content (AvgIpc) is 3.25. The summed E-state index contributed by atoms with van der Waals surface area (Å²) in [6.45, 7) is 8.52. The number of carboxylic acids is 1. The molecule has 0 saturated heterocycles. The molecule has 0 spiro atoms. The number of imidazole rings is 1. The molecule has 8 heteroatoms. The third-order valence-electron chi connectivity index (χ3n) is 5.28. The van der Waals surface area contributed by atoms with Gasteiger partial charge in [-0.3, -0.25) is 0 Å². The zero-order valence-corrected chi connectivity index (χ0v) is 19.8. The van der Waals surface area contributed by atoms with Gasteiger partial charge in [0.2, 0.25) is 0 Å². The van der Waals surface area contributed by atoms with Gasteiger partial charge in [0.25, 0.3) is 0 Å². The number of nitrogens with zero attached hydrogens (tertiary/aromatic N) is 1. The second-order valence-electron chi connectivity index (χ2n) is 8.66. The first-order valence-corrected chi connectivity index (χ1v) is 11.2. The van der Waals surface area contributed by atoms with Gasteiger partial charge in [-0.25, -0.2) is 9.78 Å². The van der Waals surface area contributed by atoms with E-state index in [2.05, 4.69) is 97.8 Å². The highest BCUT2D eigenvalue weighted by atomic mass is 19.4. The molecule has 35 heavy (non-hydrogen) atoms. The highest BCUT2D eigenvalue weighted by molar-refractivity contribution is 5.82. The van der Waals surface area contributed by atoms with Gasteiger partial charge in [-0.1, -0.05) is 74.5 Å².